The van der Waals surface area contributed by atoms with Gasteiger partial charge in [0.15, 0.2) is 0 Å². The second-order valence-electron chi connectivity index (χ2n) is 3.92. The molecule has 2 unspecified atom stereocenters. The van der Waals surface area contributed by atoms with Gasteiger partial charge in [0.25, 0.3) is 0 Å². The summed E-state index contributed by atoms with van der Waals surface area (Å²) >= 11 is 0. The summed E-state index contributed by atoms with van der Waals surface area (Å²) in [7, 11) is 0. The highest BCUT2D eigenvalue weighted by molar-refractivity contribution is 4.98. The minimum absolute atomic E-state index is 0.360. The van der Waals surface area contributed by atoms with Gasteiger partial charge in [-0.1, -0.05) is 32.4 Å². The molecule has 1 aliphatic rings. The summed E-state index contributed by atoms with van der Waals surface area (Å²) in [6.07, 6.45) is 8.09. The topological polar surface area (TPSA) is 20.2 Å². The van der Waals surface area contributed by atoms with E-state index in [1.165, 1.54) is 12.8 Å². The van der Waals surface area contributed by atoms with Crippen LogP contribution in [0, 0.1) is 17.8 Å². The van der Waals surface area contributed by atoms with Crippen LogP contribution < -0.4 is 0 Å². The first-order valence-electron chi connectivity index (χ1n) is 5.07. The van der Waals surface area contributed by atoms with Crippen LogP contribution in [0.1, 0.15) is 33.1 Å². The molecular formula is C11H20O. The number of aliphatic hydroxyl groups excluding tert-OH is 1. The molecule has 1 nitrogen and oxygen atoms in total. The molecule has 0 bridgehead atoms. The van der Waals surface area contributed by atoms with Crippen LogP contribution in [0.3, 0.4) is 0 Å². The standard InChI is InChI=1S/C11H20O/c1-3-5-11-9(2)6-4-7-10(11)8-12/h4,6,9-12H,3,5,7-8H2,1-2H3/t9-,10?,11?/m1/s1. The SMILES string of the molecule is CCCC1C(CO)CC=C[C@H]1C. The molecule has 0 fully saturated rings. The van der Waals surface area contributed by atoms with Gasteiger partial charge in [0.05, 0.1) is 0 Å². The van der Waals surface area contributed by atoms with Gasteiger partial charge in [-0.05, 0) is 30.6 Å². The number of aliphatic hydroxyl groups is 1. The van der Waals surface area contributed by atoms with Gasteiger partial charge in [0.1, 0.15) is 0 Å². The largest absolute Gasteiger partial charge is 0.396 e. The predicted octanol–water partition coefficient (Wildman–Crippen LogP) is 2.61. The van der Waals surface area contributed by atoms with E-state index in [0.717, 1.165) is 6.42 Å². The molecule has 12 heavy (non-hydrogen) atoms. The van der Waals surface area contributed by atoms with Crippen molar-refractivity contribution in [1.82, 2.24) is 0 Å². The van der Waals surface area contributed by atoms with Crippen LogP contribution in [-0.2, 0) is 0 Å². The van der Waals surface area contributed by atoms with Crippen molar-refractivity contribution in [2.75, 3.05) is 6.61 Å². The Kier molecular flexibility index (Phi) is 3.80. The molecule has 0 heterocycles. The highest BCUT2D eigenvalue weighted by Gasteiger charge is 2.25. The second kappa shape index (κ2) is 4.66. The molecule has 1 aliphatic carbocycles. The van der Waals surface area contributed by atoms with Crippen molar-refractivity contribution in [3.8, 4) is 0 Å². The van der Waals surface area contributed by atoms with Gasteiger partial charge < -0.3 is 5.11 Å². The maximum Gasteiger partial charge on any atom is 0.0465 e. The summed E-state index contributed by atoms with van der Waals surface area (Å²) in [6, 6.07) is 0. The van der Waals surface area contributed by atoms with Crippen LogP contribution >= 0.6 is 0 Å². The fourth-order valence-corrected chi connectivity index (χ4v) is 2.26. The summed E-state index contributed by atoms with van der Waals surface area (Å²) in [5, 5.41) is 9.17. The molecule has 0 saturated heterocycles. The summed E-state index contributed by atoms with van der Waals surface area (Å²) in [5.74, 6) is 1.89. The molecular weight excluding hydrogens is 148 g/mol. The number of rotatable bonds is 3. The summed E-state index contributed by atoms with van der Waals surface area (Å²) < 4.78 is 0. The van der Waals surface area contributed by atoms with E-state index in [1.807, 2.05) is 0 Å². The molecule has 0 radical (unpaired) electrons. The number of allylic oxidation sites excluding steroid dienone is 2. The molecule has 0 aliphatic heterocycles. The minimum atomic E-state index is 0.360. The van der Waals surface area contributed by atoms with Gasteiger partial charge in [0.2, 0.25) is 0 Å². The van der Waals surface area contributed by atoms with E-state index in [-0.39, 0.29) is 0 Å². The average Bonchev–Trinajstić information content (AvgIpc) is 2.09. The zero-order chi connectivity index (χ0) is 8.97. The lowest BCUT2D eigenvalue weighted by molar-refractivity contribution is 0.141. The maximum atomic E-state index is 9.17. The Labute approximate surface area is 75.5 Å². The van der Waals surface area contributed by atoms with E-state index in [2.05, 4.69) is 26.0 Å². The molecule has 1 rings (SSSR count). The van der Waals surface area contributed by atoms with E-state index in [1.54, 1.807) is 0 Å². The highest BCUT2D eigenvalue weighted by atomic mass is 16.3. The van der Waals surface area contributed by atoms with Crippen molar-refractivity contribution in [3.05, 3.63) is 12.2 Å². The maximum absolute atomic E-state index is 9.17. The first-order valence-corrected chi connectivity index (χ1v) is 5.07. The fraction of sp³-hybridized carbons (Fsp3) is 0.818. The Morgan fingerprint density at radius 3 is 2.83 bits per heavy atom. The Balaban J connectivity index is 2.56. The average molecular weight is 168 g/mol. The lowest BCUT2D eigenvalue weighted by Crippen LogP contribution is -2.26. The van der Waals surface area contributed by atoms with Crippen LogP contribution in [0.2, 0.25) is 0 Å². The molecule has 1 heteroatoms. The van der Waals surface area contributed by atoms with E-state index >= 15 is 0 Å². The van der Waals surface area contributed by atoms with Crippen molar-refractivity contribution in [2.24, 2.45) is 17.8 Å². The lowest BCUT2D eigenvalue weighted by atomic mass is 9.75. The zero-order valence-electron chi connectivity index (χ0n) is 8.16. The first-order chi connectivity index (χ1) is 5.79. The third-order valence-electron chi connectivity index (χ3n) is 3.02. The molecule has 0 aromatic carbocycles. The highest BCUT2D eigenvalue weighted by Crippen LogP contribution is 2.33. The Morgan fingerprint density at radius 1 is 1.50 bits per heavy atom. The van der Waals surface area contributed by atoms with Crippen molar-refractivity contribution < 1.29 is 5.11 Å². The van der Waals surface area contributed by atoms with Gasteiger partial charge in [-0.15, -0.1) is 0 Å². The number of hydrogen-bond acceptors (Lipinski definition) is 1. The van der Waals surface area contributed by atoms with E-state index in [4.69, 9.17) is 0 Å². The Morgan fingerprint density at radius 2 is 2.25 bits per heavy atom. The van der Waals surface area contributed by atoms with Crippen LogP contribution in [0.25, 0.3) is 0 Å². The van der Waals surface area contributed by atoms with Gasteiger partial charge in [0, 0.05) is 6.61 Å². The third-order valence-corrected chi connectivity index (χ3v) is 3.02. The van der Waals surface area contributed by atoms with Crippen molar-refractivity contribution in [3.63, 3.8) is 0 Å². The van der Waals surface area contributed by atoms with Crippen LogP contribution in [0.5, 0.6) is 0 Å². The molecule has 0 aromatic heterocycles. The molecule has 3 atom stereocenters. The minimum Gasteiger partial charge on any atom is -0.396 e. The van der Waals surface area contributed by atoms with Crippen LogP contribution in [0.4, 0.5) is 0 Å². The first kappa shape index (κ1) is 9.79. The summed E-state index contributed by atoms with van der Waals surface area (Å²) in [4.78, 5) is 0. The van der Waals surface area contributed by atoms with Crippen LogP contribution in [0.15, 0.2) is 12.2 Å². The molecule has 1 N–H and O–H groups in total. The van der Waals surface area contributed by atoms with E-state index in [9.17, 15) is 5.11 Å². The van der Waals surface area contributed by atoms with E-state index in [0.29, 0.717) is 24.4 Å². The Bertz CT molecular complexity index is 151. The molecule has 0 amide bonds. The number of hydrogen-bond donors (Lipinski definition) is 1. The van der Waals surface area contributed by atoms with Gasteiger partial charge >= 0.3 is 0 Å². The summed E-state index contributed by atoms with van der Waals surface area (Å²) in [5.41, 5.74) is 0. The lowest BCUT2D eigenvalue weighted by Gasteiger charge is -2.31. The molecule has 0 aromatic rings. The van der Waals surface area contributed by atoms with E-state index < -0.39 is 0 Å². The molecule has 0 saturated carbocycles. The Hall–Kier alpha value is -0.300. The second-order valence-corrected chi connectivity index (χ2v) is 3.92. The fourth-order valence-electron chi connectivity index (χ4n) is 2.26. The van der Waals surface area contributed by atoms with Gasteiger partial charge in [-0.25, -0.2) is 0 Å². The monoisotopic (exact) mass is 168 g/mol. The van der Waals surface area contributed by atoms with Crippen molar-refractivity contribution in [1.29, 1.82) is 0 Å². The van der Waals surface area contributed by atoms with Gasteiger partial charge in [-0.2, -0.15) is 0 Å². The van der Waals surface area contributed by atoms with Crippen molar-refractivity contribution >= 4 is 0 Å². The van der Waals surface area contributed by atoms with Gasteiger partial charge in [-0.3, -0.25) is 0 Å². The quantitative estimate of drug-likeness (QED) is 0.642. The predicted molar refractivity (Wildman–Crippen MR) is 51.9 cm³/mol. The normalized spacial score (nSPS) is 35.4. The molecule has 0 spiro atoms. The summed E-state index contributed by atoms with van der Waals surface area (Å²) in [6.45, 7) is 4.84. The smallest absolute Gasteiger partial charge is 0.0465 e. The van der Waals surface area contributed by atoms with Crippen LogP contribution in [-0.4, -0.2) is 11.7 Å². The zero-order valence-corrected chi connectivity index (χ0v) is 8.16. The third kappa shape index (κ3) is 2.10. The van der Waals surface area contributed by atoms with Crippen molar-refractivity contribution in [2.45, 2.75) is 33.1 Å². The molecule has 70 valence electrons.